The molecule has 0 bridgehead atoms. The Balaban J connectivity index is 2.00. The summed E-state index contributed by atoms with van der Waals surface area (Å²) in [6.45, 7) is 5.23. The minimum atomic E-state index is -0.741. The van der Waals surface area contributed by atoms with Crippen LogP contribution in [0.5, 0.6) is 5.75 Å². The zero-order chi connectivity index (χ0) is 19.4. The first-order valence-corrected chi connectivity index (χ1v) is 9.22. The van der Waals surface area contributed by atoms with E-state index in [0.717, 1.165) is 35.3 Å². The Labute approximate surface area is 160 Å². The first-order chi connectivity index (χ1) is 12.9. The molecule has 5 heteroatoms. The van der Waals surface area contributed by atoms with E-state index in [0.29, 0.717) is 13.2 Å². The fraction of sp³-hybridized carbons (Fsp3) is 0.409. The van der Waals surface area contributed by atoms with Crippen molar-refractivity contribution in [3.8, 4) is 16.9 Å². The van der Waals surface area contributed by atoms with Crippen molar-refractivity contribution in [1.29, 1.82) is 0 Å². The molecule has 1 unspecified atom stereocenters. The van der Waals surface area contributed by atoms with E-state index in [9.17, 15) is 4.79 Å². The number of primary amides is 1. The Morgan fingerprint density at radius 3 is 2.70 bits per heavy atom. The second-order valence-corrected chi connectivity index (χ2v) is 7.56. The van der Waals surface area contributed by atoms with E-state index < -0.39 is 6.09 Å². The average Bonchev–Trinajstić information content (AvgIpc) is 2.64. The number of nitrogens with two attached hydrogens (primary N) is 1. The maximum atomic E-state index is 11.5. The Morgan fingerprint density at radius 1 is 1.19 bits per heavy atom. The van der Waals surface area contributed by atoms with Gasteiger partial charge in [0, 0.05) is 18.1 Å². The highest BCUT2D eigenvalue weighted by Gasteiger charge is 2.38. The van der Waals surface area contributed by atoms with Crippen LogP contribution < -0.4 is 10.5 Å². The zero-order valence-electron chi connectivity index (χ0n) is 16.2. The van der Waals surface area contributed by atoms with Gasteiger partial charge in [0.2, 0.25) is 0 Å². The summed E-state index contributed by atoms with van der Waals surface area (Å²) in [5.41, 5.74) is 9.42. The van der Waals surface area contributed by atoms with Crippen molar-refractivity contribution in [1.82, 2.24) is 0 Å². The molecule has 2 aromatic rings. The lowest BCUT2D eigenvalue weighted by Crippen LogP contribution is -2.33. The number of carbonyl (C=O) groups is 1. The largest absolute Gasteiger partial charge is 0.491 e. The number of fused-ring (bicyclic) bond motifs is 1. The highest BCUT2D eigenvalue weighted by atomic mass is 16.6. The van der Waals surface area contributed by atoms with E-state index in [1.165, 1.54) is 5.56 Å². The number of para-hydroxylation sites is 1. The second kappa shape index (κ2) is 8.01. The van der Waals surface area contributed by atoms with E-state index in [1.54, 1.807) is 7.11 Å². The number of methoxy groups -OCH3 is 1. The van der Waals surface area contributed by atoms with Crippen molar-refractivity contribution in [2.45, 2.75) is 32.8 Å². The van der Waals surface area contributed by atoms with Crippen molar-refractivity contribution in [3.05, 3.63) is 53.6 Å². The van der Waals surface area contributed by atoms with Gasteiger partial charge in [-0.2, -0.15) is 0 Å². The van der Waals surface area contributed by atoms with Crippen LogP contribution in [0.15, 0.2) is 42.5 Å². The highest BCUT2D eigenvalue weighted by molar-refractivity contribution is 5.72. The fourth-order valence-corrected chi connectivity index (χ4v) is 3.65. The SMILES string of the molecule is COCCOc1ccccc1-c1ccc2c(c1)C(OC(N)=O)C(C)(C)CC2. The second-order valence-electron chi connectivity index (χ2n) is 7.56. The third-order valence-electron chi connectivity index (χ3n) is 5.15. The van der Waals surface area contributed by atoms with Gasteiger partial charge in [0.25, 0.3) is 0 Å². The van der Waals surface area contributed by atoms with Crippen LogP contribution >= 0.6 is 0 Å². The van der Waals surface area contributed by atoms with Gasteiger partial charge < -0.3 is 19.9 Å². The van der Waals surface area contributed by atoms with Gasteiger partial charge in [0.1, 0.15) is 18.5 Å². The van der Waals surface area contributed by atoms with Crippen LogP contribution in [0.3, 0.4) is 0 Å². The van der Waals surface area contributed by atoms with Gasteiger partial charge in [-0.1, -0.05) is 44.2 Å². The minimum Gasteiger partial charge on any atom is -0.491 e. The summed E-state index contributed by atoms with van der Waals surface area (Å²) in [6, 6.07) is 14.2. The van der Waals surface area contributed by atoms with Gasteiger partial charge in [0.05, 0.1) is 6.61 Å². The minimum absolute atomic E-state index is 0.171. The number of ether oxygens (including phenoxy) is 3. The topological polar surface area (TPSA) is 70.8 Å². The molecule has 0 fully saturated rings. The summed E-state index contributed by atoms with van der Waals surface area (Å²) in [5, 5.41) is 0. The third kappa shape index (κ3) is 4.25. The molecular weight excluding hydrogens is 342 g/mol. The summed E-state index contributed by atoms with van der Waals surface area (Å²) >= 11 is 0. The van der Waals surface area contributed by atoms with Gasteiger partial charge in [-0.05, 0) is 41.7 Å². The molecule has 2 aromatic carbocycles. The number of carbonyl (C=O) groups excluding carboxylic acids is 1. The van der Waals surface area contributed by atoms with Crippen molar-refractivity contribution < 1.29 is 19.0 Å². The Hall–Kier alpha value is -2.53. The van der Waals surface area contributed by atoms with E-state index in [4.69, 9.17) is 19.9 Å². The van der Waals surface area contributed by atoms with Crippen LogP contribution in [0.4, 0.5) is 4.79 Å². The number of rotatable bonds is 6. The van der Waals surface area contributed by atoms with Crippen LogP contribution in [0.25, 0.3) is 11.1 Å². The van der Waals surface area contributed by atoms with Crippen molar-refractivity contribution in [2.24, 2.45) is 11.1 Å². The average molecular weight is 369 g/mol. The number of hydrogen-bond donors (Lipinski definition) is 1. The van der Waals surface area contributed by atoms with Crippen LogP contribution in [0.1, 0.15) is 37.5 Å². The molecule has 1 amide bonds. The lowest BCUT2D eigenvalue weighted by Gasteiger charge is -2.39. The summed E-state index contributed by atoms with van der Waals surface area (Å²) in [4.78, 5) is 11.5. The van der Waals surface area contributed by atoms with Crippen molar-refractivity contribution >= 4 is 6.09 Å². The molecule has 3 rings (SSSR count). The molecular formula is C22H27NO4. The number of benzene rings is 2. The standard InChI is InChI=1S/C22H27NO4/c1-22(2)11-10-15-8-9-16(14-18(15)20(22)27-21(23)24)17-6-4-5-7-19(17)26-13-12-25-3/h4-9,14,20H,10-13H2,1-3H3,(H2,23,24). The molecule has 1 aliphatic rings. The third-order valence-corrected chi connectivity index (χ3v) is 5.15. The maximum Gasteiger partial charge on any atom is 0.405 e. The Kier molecular flexibility index (Phi) is 5.71. The molecule has 1 atom stereocenters. The van der Waals surface area contributed by atoms with E-state index in [2.05, 4.69) is 32.0 Å². The summed E-state index contributed by atoms with van der Waals surface area (Å²) < 4.78 is 16.5. The van der Waals surface area contributed by atoms with E-state index >= 15 is 0 Å². The lowest BCUT2D eigenvalue weighted by atomic mass is 9.71. The van der Waals surface area contributed by atoms with Crippen molar-refractivity contribution in [3.63, 3.8) is 0 Å². The van der Waals surface area contributed by atoms with Crippen LogP contribution in [-0.2, 0) is 15.9 Å². The Morgan fingerprint density at radius 2 is 1.96 bits per heavy atom. The van der Waals surface area contributed by atoms with Gasteiger partial charge in [-0.15, -0.1) is 0 Å². The van der Waals surface area contributed by atoms with Crippen molar-refractivity contribution in [2.75, 3.05) is 20.3 Å². The Bertz CT molecular complexity index is 816. The molecule has 2 N–H and O–H groups in total. The predicted molar refractivity (Wildman–Crippen MR) is 105 cm³/mol. The lowest BCUT2D eigenvalue weighted by molar-refractivity contribution is 0.0147. The smallest absolute Gasteiger partial charge is 0.405 e. The molecule has 0 aromatic heterocycles. The first kappa shape index (κ1) is 19.2. The number of amides is 1. The molecule has 1 aliphatic carbocycles. The first-order valence-electron chi connectivity index (χ1n) is 9.22. The zero-order valence-corrected chi connectivity index (χ0v) is 16.2. The molecule has 0 saturated heterocycles. The van der Waals surface area contributed by atoms with Gasteiger partial charge >= 0.3 is 6.09 Å². The van der Waals surface area contributed by atoms with E-state index in [1.807, 2.05) is 24.3 Å². The fourth-order valence-electron chi connectivity index (χ4n) is 3.65. The van der Waals surface area contributed by atoms with Crippen LogP contribution in [0, 0.1) is 5.41 Å². The van der Waals surface area contributed by atoms with Gasteiger partial charge in [-0.3, -0.25) is 0 Å². The molecule has 144 valence electrons. The number of aryl methyl sites for hydroxylation is 1. The molecule has 0 radical (unpaired) electrons. The maximum absolute atomic E-state index is 11.5. The molecule has 0 saturated carbocycles. The molecule has 0 heterocycles. The monoisotopic (exact) mass is 369 g/mol. The highest BCUT2D eigenvalue weighted by Crippen LogP contribution is 2.47. The van der Waals surface area contributed by atoms with Gasteiger partial charge in [-0.25, -0.2) is 4.79 Å². The molecule has 0 aliphatic heterocycles. The molecule has 0 spiro atoms. The van der Waals surface area contributed by atoms with E-state index in [-0.39, 0.29) is 11.5 Å². The van der Waals surface area contributed by atoms with Gasteiger partial charge in [0.15, 0.2) is 0 Å². The normalized spacial score (nSPS) is 17.8. The quantitative estimate of drug-likeness (QED) is 0.762. The predicted octanol–water partition coefficient (Wildman–Crippen LogP) is 4.49. The summed E-state index contributed by atoms with van der Waals surface area (Å²) in [5.74, 6) is 0.803. The van der Waals surface area contributed by atoms with Crippen LogP contribution in [-0.4, -0.2) is 26.4 Å². The van der Waals surface area contributed by atoms with Crippen LogP contribution in [0.2, 0.25) is 0 Å². The summed E-state index contributed by atoms with van der Waals surface area (Å²) in [7, 11) is 1.65. The molecule has 27 heavy (non-hydrogen) atoms. The number of hydrogen-bond acceptors (Lipinski definition) is 4. The molecule has 5 nitrogen and oxygen atoms in total. The summed E-state index contributed by atoms with van der Waals surface area (Å²) in [6.07, 6.45) is 0.788.